The molecule has 0 saturated heterocycles. The number of rotatable bonds is 7. The first-order chi connectivity index (χ1) is 12.5. The van der Waals surface area contributed by atoms with E-state index in [9.17, 15) is 9.59 Å². The van der Waals surface area contributed by atoms with Crippen molar-refractivity contribution in [2.45, 2.75) is 25.9 Å². The van der Waals surface area contributed by atoms with Crippen LogP contribution in [0.4, 0.5) is 0 Å². The Labute approximate surface area is 153 Å². The molecule has 0 aliphatic rings. The molecular formula is C20H23N3O3. The third-order valence-electron chi connectivity index (χ3n) is 3.79. The highest BCUT2D eigenvalue weighted by Crippen LogP contribution is 2.12. The average Bonchev–Trinajstić information content (AvgIpc) is 2.67. The van der Waals surface area contributed by atoms with Crippen LogP contribution < -0.4 is 15.4 Å². The number of hydrogen-bond acceptors (Lipinski definition) is 4. The molecule has 0 aliphatic carbocycles. The lowest BCUT2D eigenvalue weighted by molar-refractivity contribution is -0.127. The molecule has 26 heavy (non-hydrogen) atoms. The molecular weight excluding hydrogens is 330 g/mol. The van der Waals surface area contributed by atoms with Crippen molar-refractivity contribution in [2.75, 3.05) is 7.11 Å². The van der Waals surface area contributed by atoms with Gasteiger partial charge in [0.05, 0.1) is 18.8 Å². The topological polar surface area (TPSA) is 80.3 Å². The monoisotopic (exact) mass is 353 g/mol. The largest absolute Gasteiger partial charge is 0.497 e. The number of hydrogen-bond donors (Lipinski definition) is 2. The molecule has 0 radical (unpaired) electrons. The second kappa shape index (κ2) is 9.36. The predicted molar refractivity (Wildman–Crippen MR) is 100 cm³/mol. The first-order valence-electron chi connectivity index (χ1n) is 8.33. The van der Waals surface area contributed by atoms with E-state index in [4.69, 9.17) is 4.74 Å². The molecule has 136 valence electrons. The highest BCUT2D eigenvalue weighted by Gasteiger charge is 2.17. The lowest BCUT2D eigenvalue weighted by Crippen LogP contribution is -2.45. The standard InChI is InChI=1S/C20H23N3O3/c1-14(18-6-4-5-13-21-18)23-20(25)15(2)22-19(24)12-9-16-7-10-17(26-3)11-8-16/h4-15H,1-3H3,(H,22,24)(H,23,25)/b12-9+. The van der Waals surface area contributed by atoms with Crippen LogP contribution in [0, 0.1) is 0 Å². The van der Waals surface area contributed by atoms with Crippen molar-refractivity contribution >= 4 is 17.9 Å². The Morgan fingerprint density at radius 2 is 1.81 bits per heavy atom. The van der Waals surface area contributed by atoms with E-state index in [-0.39, 0.29) is 17.9 Å². The molecule has 0 fully saturated rings. The predicted octanol–water partition coefficient (Wildman–Crippen LogP) is 2.49. The molecule has 1 aromatic carbocycles. The lowest BCUT2D eigenvalue weighted by atomic mass is 10.2. The summed E-state index contributed by atoms with van der Waals surface area (Å²) >= 11 is 0. The third-order valence-corrected chi connectivity index (χ3v) is 3.79. The highest BCUT2D eigenvalue weighted by molar-refractivity contribution is 5.95. The molecule has 1 aromatic heterocycles. The summed E-state index contributed by atoms with van der Waals surface area (Å²) in [4.78, 5) is 28.4. The normalized spacial score (nSPS) is 13.0. The van der Waals surface area contributed by atoms with Crippen molar-refractivity contribution in [3.05, 3.63) is 66.0 Å². The van der Waals surface area contributed by atoms with Gasteiger partial charge in [0, 0.05) is 12.3 Å². The molecule has 0 bridgehead atoms. The number of amides is 2. The van der Waals surface area contributed by atoms with Gasteiger partial charge in [-0.25, -0.2) is 0 Å². The van der Waals surface area contributed by atoms with Gasteiger partial charge < -0.3 is 15.4 Å². The van der Waals surface area contributed by atoms with E-state index < -0.39 is 6.04 Å². The summed E-state index contributed by atoms with van der Waals surface area (Å²) in [6.07, 6.45) is 4.75. The first-order valence-corrected chi connectivity index (χ1v) is 8.33. The van der Waals surface area contributed by atoms with E-state index in [2.05, 4.69) is 15.6 Å². The summed E-state index contributed by atoms with van der Waals surface area (Å²) in [5.41, 5.74) is 1.63. The zero-order valence-corrected chi connectivity index (χ0v) is 15.1. The number of pyridine rings is 1. The maximum Gasteiger partial charge on any atom is 0.244 e. The summed E-state index contributed by atoms with van der Waals surface area (Å²) < 4.78 is 5.09. The van der Waals surface area contributed by atoms with Crippen LogP contribution in [0.3, 0.4) is 0 Å². The minimum absolute atomic E-state index is 0.238. The van der Waals surface area contributed by atoms with Gasteiger partial charge in [-0.05, 0) is 49.8 Å². The second-order valence-electron chi connectivity index (χ2n) is 5.82. The minimum atomic E-state index is -0.658. The summed E-state index contributed by atoms with van der Waals surface area (Å²) in [7, 11) is 1.60. The fourth-order valence-corrected chi connectivity index (χ4v) is 2.26. The summed E-state index contributed by atoms with van der Waals surface area (Å²) in [5.74, 6) is 0.141. The van der Waals surface area contributed by atoms with Crippen molar-refractivity contribution in [2.24, 2.45) is 0 Å². The van der Waals surface area contributed by atoms with Crippen molar-refractivity contribution in [3.63, 3.8) is 0 Å². The van der Waals surface area contributed by atoms with Crippen molar-refractivity contribution < 1.29 is 14.3 Å². The Hall–Kier alpha value is -3.15. The van der Waals surface area contributed by atoms with Gasteiger partial charge in [0.25, 0.3) is 0 Å². The highest BCUT2D eigenvalue weighted by atomic mass is 16.5. The number of carbonyl (C=O) groups excluding carboxylic acids is 2. The van der Waals surface area contributed by atoms with Gasteiger partial charge in [0.15, 0.2) is 0 Å². The van der Waals surface area contributed by atoms with Gasteiger partial charge >= 0.3 is 0 Å². The van der Waals surface area contributed by atoms with E-state index in [1.54, 1.807) is 26.3 Å². The molecule has 2 rings (SSSR count). The quantitative estimate of drug-likeness (QED) is 0.750. The summed E-state index contributed by atoms with van der Waals surface area (Å²) in [6, 6.07) is 11.9. The van der Waals surface area contributed by atoms with Crippen LogP contribution in [0.5, 0.6) is 5.75 Å². The zero-order valence-electron chi connectivity index (χ0n) is 15.1. The van der Waals surface area contributed by atoms with E-state index in [0.29, 0.717) is 0 Å². The van der Waals surface area contributed by atoms with E-state index in [0.717, 1.165) is 17.0 Å². The minimum Gasteiger partial charge on any atom is -0.497 e. The van der Waals surface area contributed by atoms with Gasteiger partial charge in [-0.3, -0.25) is 14.6 Å². The Morgan fingerprint density at radius 3 is 2.42 bits per heavy atom. The van der Waals surface area contributed by atoms with Crippen LogP contribution in [0.15, 0.2) is 54.7 Å². The number of nitrogens with zero attached hydrogens (tertiary/aromatic N) is 1. The molecule has 0 aliphatic heterocycles. The van der Waals surface area contributed by atoms with Crippen molar-refractivity contribution in [1.29, 1.82) is 0 Å². The molecule has 2 amide bonds. The Morgan fingerprint density at radius 1 is 1.08 bits per heavy atom. The van der Waals surface area contributed by atoms with Gasteiger partial charge in [0.2, 0.25) is 11.8 Å². The number of methoxy groups -OCH3 is 1. The van der Waals surface area contributed by atoms with E-state index in [1.165, 1.54) is 6.08 Å². The molecule has 2 N–H and O–H groups in total. The Balaban J connectivity index is 1.85. The molecule has 2 atom stereocenters. The molecule has 1 heterocycles. The fraction of sp³-hybridized carbons (Fsp3) is 0.250. The van der Waals surface area contributed by atoms with Crippen LogP contribution in [0.25, 0.3) is 6.08 Å². The molecule has 2 unspecified atom stereocenters. The zero-order chi connectivity index (χ0) is 18.9. The fourth-order valence-electron chi connectivity index (χ4n) is 2.26. The summed E-state index contributed by atoms with van der Waals surface area (Å²) in [6.45, 7) is 3.48. The Kier molecular flexibility index (Phi) is 6.91. The Bertz CT molecular complexity index is 758. The molecule has 0 saturated carbocycles. The summed E-state index contributed by atoms with van der Waals surface area (Å²) in [5, 5.41) is 5.48. The number of aromatic nitrogens is 1. The SMILES string of the molecule is COc1ccc(/C=C/C(=O)NC(C)C(=O)NC(C)c2ccccn2)cc1. The molecule has 6 nitrogen and oxygen atoms in total. The van der Waals surface area contributed by atoms with Crippen LogP contribution in [-0.2, 0) is 9.59 Å². The van der Waals surface area contributed by atoms with E-state index in [1.807, 2.05) is 49.4 Å². The van der Waals surface area contributed by atoms with Gasteiger partial charge in [0.1, 0.15) is 11.8 Å². The van der Waals surface area contributed by atoms with Crippen molar-refractivity contribution in [3.8, 4) is 5.75 Å². The second-order valence-corrected chi connectivity index (χ2v) is 5.82. The lowest BCUT2D eigenvalue weighted by Gasteiger charge is -2.17. The maximum atomic E-state index is 12.2. The van der Waals surface area contributed by atoms with Gasteiger partial charge in [-0.15, -0.1) is 0 Å². The van der Waals surface area contributed by atoms with Crippen LogP contribution in [0.2, 0.25) is 0 Å². The molecule has 2 aromatic rings. The van der Waals surface area contributed by atoms with Crippen LogP contribution >= 0.6 is 0 Å². The first kappa shape index (κ1) is 19.2. The molecule has 6 heteroatoms. The van der Waals surface area contributed by atoms with Crippen LogP contribution in [-0.4, -0.2) is 29.9 Å². The number of ether oxygens (including phenoxy) is 1. The smallest absolute Gasteiger partial charge is 0.244 e. The number of benzene rings is 1. The van der Waals surface area contributed by atoms with Crippen LogP contribution in [0.1, 0.15) is 31.1 Å². The average molecular weight is 353 g/mol. The number of nitrogens with one attached hydrogen (secondary N) is 2. The van der Waals surface area contributed by atoms with Gasteiger partial charge in [-0.1, -0.05) is 18.2 Å². The van der Waals surface area contributed by atoms with E-state index >= 15 is 0 Å². The van der Waals surface area contributed by atoms with Crippen molar-refractivity contribution in [1.82, 2.24) is 15.6 Å². The third kappa shape index (κ3) is 5.73. The maximum absolute atomic E-state index is 12.2. The molecule has 0 spiro atoms. The van der Waals surface area contributed by atoms with Gasteiger partial charge in [-0.2, -0.15) is 0 Å². The number of carbonyl (C=O) groups is 2.